The average Bonchev–Trinajstić information content (AvgIpc) is 2.55. The summed E-state index contributed by atoms with van der Waals surface area (Å²) in [4.78, 5) is 0. The van der Waals surface area contributed by atoms with Crippen LogP contribution in [0.1, 0.15) is 86.5 Å². The Labute approximate surface area is 115 Å². The standard InChI is InChI=1S/C18H34/c1-16(2,3)18(17(4,5)6)13-8-7-10-14-11-9-12-15(14)18/h14-15H,7-13H2,1-6H3. The van der Waals surface area contributed by atoms with Crippen molar-refractivity contribution in [2.75, 3.05) is 0 Å². The lowest BCUT2D eigenvalue weighted by Crippen LogP contribution is -2.52. The molecule has 0 N–H and O–H groups in total. The van der Waals surface area contributed by atoms with Crippen molar-refractivity contribution in [3.05, 3.63) is 0 Å². The quantitative estimate of drug-likeness (QED) is 0.490. The fourth-order valence-electron chi connectivity index (χ4n) is 6.01. The largest absolute Gasteiger partial charge is 0.0596 e. The molecule has 0 amide bonds. The van der Waals surface area contributed by atoms with E-state index in [2.05, 4.69) is 41.5 Å². The van der Waals surface area contributed by atoms with Crippen LogP contribution in [0, 0.1) is 28.1 Å². The van der Waals surface area contributed by atoms with Gasteiger partial charge in [0.25, 0.3) is 0 Å². The summed E-state index contributed by atoms with van der Waals surface area (Å²) in [6, 6.07) is 0. The van der Waals surface area contributed by atoms with Gasteiger partial charge in [0.1, 0.15) is 0 Å². The van der Waals surface area contributed by atoms with E-state index in [1.54, 1.807) is 0 Å². The van der Waals surface area contributed by atoms with Gasteiger partial charge < -0.3 is 0 Å². The molecule has 18 heavy (non-hydrogen) atoms. The van der Waals surface area contributed by atoms with Crippen LogP contribution in [-0.4, -0.2) is 0 Å². The van der Waals surface area contributed by atoms with Gasteiger partial charge in [0.05, 0.1) is 0 Å². The van der Waals surface area contributed by atoms with E-state index in [-0.39, 0.29) is 0 Å². The monoisotopic (exact) mass is 250 g/mol. The Morgan fingerprint density at radius 1 is 0.722 bits per heavy atom. The summed E-state index contributed by atoms with van der Waals surface area (Å²) in [6.07, 6.45) is 10.4. The topological polar surface area (TPSA) is 0 Å². The van der Waals surface area contributed by atoms with Crippen LogP contribution in [0.5, 0.6) is 0 Å². The lowest BCUT2D eigenvalue weighted by atomic mass is 9.46. The zero-order valence-electron chi connectivity index (χ0n) is 13.6. The second-order valence-corrected chi connectivity index (χ2v) is 9.01. The van der Waals surface area contributed by atoms with Gasteiger partial charge in [-0.05, 0) is 40.9 Å². The first kappa shape index (κ1) is 14.4. The molecule has 0 aliphatic heterocycles. The maximum absolute atomic E-state index is 2.51. The average molecular weight is 250 g/mol. The summed E-state index contributed by atoms with van der Waals surface area (Å²) < 4.78 is 0. The number of rotatable bonds is 0. The van der Waals surface area contributed by atoms with E-state index in [0.717, 1.165) is 11.8 Å². The summed E-state index contributed by atoms with van der Waals surface area (Å²) in [7, 11) is 0. The third-order valence-corrected chi connectivity index (χ3v) is 6.36. The van der Waals surface area contributed by atoms with Gasteiger partial charge in [-0.3, -0.25) is 0 Å². The summed E-state index contributed by atoms with van der Waals surface area (Å²) in [5.41, 5.74) is 1.41. The van der Waals surface area contributed by atoms with Crippen LogP contribution < -0.4 is 0 Å². The second-order valence-electron chi connectivity index (χ2n) is 9.01. The van der Waals surface area contributed by atoms with Crippen molar-refractivity contribution in [3.8, 4) is 0 Å². The van der Waals surface area contributed by atoms with Crippen LogP contribution in [0.25, 0.3) is 0 Å². The normalized spacial score (nSPS) is 33.0. The molecule has 2 rings (SSSR count). The molecule has 0 saturated heterocycles. The smallest absolute Gasteiger partial charge is 0.0169 e. The van der Waals surface area contributed by atoms with Gasteiger partial charge in [-0.15, -0.1) is 0 Å². The van der Waals surface area contributed by atoms with Crippen LogP contribution in [0.2, 0.25) is 0 Å². The molecule has 0 aromatic rings. The van der Waals surface area contributed by atoms with Crippen molar-refractivity contribution in [3.63, 3.8) is 0 Å². The Morgan fingerprint density at radius 2 is 1.28 bits per heavy atom. The van der Waals surface area contributed by atoms with Crippen LogP contribution in [0.3, 0.4) is 0 Å². The van der Waals surface area contributed by atoms with E-state index in [0.29, 0.717) is 16.2 Å². The zero-order chi connectivity index (χ0) is 13.6. The minimum Gasteiger partial charge on any atom is -0.0596 e. The molecule has 0 aromatic carbocycles. The molecule has 0 radical (unpaired) electrons. The minimum atomic E-state index is 0.433. The summed E-state index contributed by atoms with van der Waals surface area (Å²) in [5, 5.41) is 0. The van der Waals surface area contributed by atoms with Crippen molar-refractivity contribution in [1.29, 1.82) is 0 Å². The predicted octanol–water partition coefficient (Wildman–Crippen LogP) is 6.06. The first-order valence-electron chi connectivity index (χ1n) is 8.20. The molecule has 0 spiro atoms. The Morgan fingerprint density at radius 3 is 1.83 bits per heavy atom. The molecule has 2 aliphatic rings. The Kier molecular flexibility index (Phi) is 3.63. The van der Waals surface area contributed by atoms with Crippen molar-refractivity contribution in [2.24, 2.45) is 28.1 Å². The van der Waals surface area contributed by atoms with E-state index < -0.39 is 0 Å². The van der Waals surface area contributed by atoms with Crippen molar-refractivity contribution >= 4 is 0 Å². The van der Waals surface area contributed by atoms with Crippen LogP contribution in [0.4, 0.5) is 0 Å². The second kappa shape index (κ2) is 4.53. The van der Waals surface area contributed by atoms with Crippen LogP contribution in [-0.2, 0) is 0 Å². The van der Waals surface area contributed by atoms with Crippen LogP contribution in [0.15, 0.2) is 0 Å². The third kappa shape index (κ3) is 2.04. The fourth-order valence-corrected chi connectivity index (χ4v) is 6.01. The molecule has 0 heterocycles. The summed E-state index contributed by atoms with van der Waals surface area (Å²) in [6.45, 7) is 15.1. The van der Waals surface area contributed by atoms with Gasteiger partial charge in [0.2, 0.25) is 0 Å². The van der Waals surface area contributed by atoms with Crippen molar-refractivity contribution < 1.29 is 0 Å². The van der Waals surface area contributed by atoms with E-state index in [9.17, 15) is 0 Å². The summed E-state index contributed by atoms with van der Waals surface area (Å²) in [5.74, 6) is 2.02. The molecule has 0 aromatic heterocycles. The fraction of sp³-hybridized carbons (Fsp3) is 1.00. The van der Waals surface area contributed by atoms with Gasteiger partial charge in [0.15, 0.2) is 0 Å². The predicted molar refractivity (Wildman–Crippen MR) is 80.6 cm³/mol. The van der Waals surface area contributed by atoms with Crippen molar-refractivity contribution in [2.45, 2.75) is 86.5 Å². The highest BCUT2D eigenvalue weighted by molar-refractivity contribution is 5.06. The summed E-state index contributed by atoms with van der Waals surface area (Å²) >= 11 is 0. The molecule has 106 valence electrons. The van der Waals surface area contributed by atoms with Gasteiger partial charge in [0, 0.05) is 0 Å². The molecule has 2 aliphatic carbocycles. The Hall–Kier alpha value is 0. The van der Waals surface area contributed by atoms with Gasteiger partial charge in [-0.25, -0.2) is 0 Å². The molecule has 0 bridgehead atoms. The molecule has 2 unspecified atom stereocenters. The third-order valence-electron chi connectivity index (χ3n) is 6.36. The lowest BCUT2D eigenvalue weighted by molar-refractivity contribution is -0.100. The van der Waals surface area contributed by atoms with Gasteiger partial charge in [-0.1, -0.05) is 73.6 Å². The van der Waals surface area contributed by atoms with E-state index >= 15 is 0 Å². The Balaban J connectivity index is 2.49. The molecule has 2 atom stereocenters. The first-order valence-corrected chi connectivity index (χ1v) is 8.20. The van der Waals surface area contributed by atoms with Crippen LogP contribution >= 0.6 is 0 Å². The highest BCUT2D eigenvalue weighted by Gasteiger charge is 2.57. The van der Waals surface area contributed by atoms with E-state index in [4.69, 9.17) is 0 Å². The number of hydrogen-bond donors (Lipinski definition) is 0. The molecular formula is C18H34. The first-order chi connectivity index (χ1) is 8.20. The van der Waals surface area contributed by atoms with Gasteiger partial charge in [-0.2, -0.15) is 0 Å². The maximum atomic E-state index is 2.51. The number of fused-ring (bicyclic) bond motifs is 1. The maximum Gasteiger partial charge on any atom is -0.0169 e. The number of hydrogen-bond acceptors (Lipinski definition) is 0. The molecule has 0 heteroatoms. The van der Waals surface area contributed by atoms with Gasteiger partial charge >= 0.3 is 0 Å². The lowest BCUT2D eigenvalue weighted by Gasteiger charge is -2.58. The van der Waals surface area contributed by atoms with Crippen molar-refractivity contribution in [1.82, 2.24) is 0 Å². The SMILES string of the molecule is CC(C)(C)C1(C(C)(C)C)CCCCC2CCCC21. The van der Waals surface area contributed by atoms with E-state index in [1.807, 2.05) is 0 Å². The Bertz CT molecular complexity index is 272. The van der Waals surface area contributed by atoms with E-state index in [1.165, 1.54) is 44.9 Å². The minimum absolute atomic E-state index is 0.433. The molecule has 2 fully saturated rings. The molecule has 0 nitrogen and oxygen atoms in total. The zero-order valence-corrected chi connectivity index (χ0v) is 13.6. The highest BCUT2D eigenvalue weighted by Crippen LogP contribution is 2.65. The highest BCUT2D eigenvalue weighted by atomic mass is 14.6. The molecule has 2 saturated carbocycles. The molecular weight excluding hydrogens is 216 g/mol.